The third-order valence-corrected chi connectivity index (χ3v) is 7.09. The van der Waals surface area contributed by atoms with Crippen molar-refractivity contribution in [1.82, 2.24) is 14.8 Å². The number of para-hydroxylation sites is 2. The Morgan fingerprint density at radius 3 is 2.62 bits per heavy atom. The molecule has 0 fully saturated rings. The maximum Gasteiger partial charge on any atom is 0.255 e. The van der Waals surface area contributed by atoms with Crippen LogP contribution in [0.2, 0.25) is 10.0 Å². The van der Waals surface area contributed by atoms with Gasteiger partial charge >= 0.3 is 0 Å². The van der Waals surface area contributed by atoms with Crippen molar-refractivity contribution in [3.8, 4) is 17.2 Å². The Balaban J connectivity index is 1.49. The number of hydrogen-bond donors (Lipinski definition) is 2. The van der Waals surface area contributed by atoms with Gasteiger partial charge in [0.25, 0.3) is 5.91 Å². The molecule has 4 aromatic rings. The van der Waals surface area contributed by atoms with Gasteiger partial charge in [-0.3, -0.25) is 4.79 Å². The van der Waals surface area contributed by atoms with Gasteiger partial charge in [-0.2, -0.15) is 10.1 Å². The highest BCUT2D eigenvalue weighted by atomic mass is 35.5. The Labute approximate surface area is 241 Å². The number of aromatic nitrogens is 3. The first kappa shape index (κ1) is 27.4. The smallest absolute Gasteiger partial charge is 0.255 e. The van der Waals surface area contributed by atoms with Crippen molar-refractivity contribution in [3.05, 3.63) is 99.4 Å². The molecule has 1 aromatic heterocycles. The quantitative estimate of drug-likeness (QED) is 0.233. The number of halogens is 2. The van der Waals surface area contributed by atoms with Crippen LogP contribution in [0.4, 0.5) is 11.6 Å². The summed E-state index contributed by atoms with van der Waals surface area (Å²) in [7, 11) is 1.56. The van der Waals surface area contributed by atoms with E-state index in [1.165, 1.54) is 6.33 Å². The van der Waals surface area contributed by atoms with Crippen molar-refractivity contribution in [2.24, 2.45) is 0 Å². The van der Waals surface area contributed by atoms with E-state index < -0.39 is 6.04 Å². The van der Waals surface area contributed by atoms with E-state index in [1.807, 2.05) is 50.2 Å². The topological polar surface area (TPSA) is 99.5 Å². The molecule has 206 valence electrons. The van der Waals surface area contributed by atoms with Gasteiger partial charge in [-0.25, -0.2) is 4.68 Å². The van der Waals surface area contributed by atoms with Crippen molar-refractivity contribution in [1.29, 1.82) is 0 Å². The number of fused-ring (bicyclic) bond motifs is 1. The lowest BCUT2D eigenvalue weighted by molar-refractivity contribution is -0.113. The Kier molecular flexibility index (Phi) is 8.14. The zero-order valence-corrected chi connectivity index (χ0v) is 23.6. The van der Waals surface area contributed by atoms with E-state index in [1.54, 1.807) is 36.1 Å². The van der Waals surface area contributed by atoms with Crippen LogP contribution in [0.25, 0.3) is 0 Å². The number of rotatable bonds is 9. The summed E-state index contributed by atoms with van der Waals surface area (Å²) < 4.78 is 19.1. The second-order valence-corrected chi connectivity index (χ2v) is 9.74. The molecule has 3 aromatic carbocycles. The highest BCUT2D eigenvalue weighted by Gasteiger charge is 2.34. The van der Waals surface area contributed by atoms with Gasteiger partial charge in [0.15, 0.2) is 11.5 Å². The zero-order valence-electron chi connectivity index (χ0n) is 22.1. The van der Waals surface area contributed by atoms with Gasteiger partial charge in [-0.1, -0.05) is 47.5 Å². The summed E-state index contributed by atoms with van der Waals surface area (Å²) in [5.74, 6) is 1.85. The lowest BCUT2D eigenvalue weighted by Gasteiger charge is -2.29. The van der Waals surface area contributed by atoms with E-state index in [0.29, 0.717) is 56.8 Å². The maximum atomic E-state index is 13.7. The summed E-state index contributed by atoms with van der Waals surface area (Å²) in [5, 5.41) is 11.5. The molecule has 0 radical (unpaired) electrons. The molecule has 1 amide bonds. The molecule has 2 N–H and O–H groups in total. The molecule has 0 saturated heterocycles. The summed E-state index contributed by atoms with van der Waals surface area (Å²) in [6.07, 6.45) is 1.45. The van der Waals surface area contributed by atoms with Gasteiger partial charge in [0.2, 0.25) is 5.95 Å². The lowest BCUT2D eigenvalue weighted by atomic mass is 9.94. The fourth-order valence-corrected chi connectivity index (χ4v) is 4.82. The van der Waals surface area contributed by atoms with E-state index in [0.717, 1.165) is 11.1 Å². The van der Waals surface area contributed by atoms with Crippen LogP contribution in [-0.2, 0) is 11.4 Å². The van der Waals surface area contributed by atoms with Gasteiger partial charge in [0.05, 0.1) is 35.0 Å². The summed E-state index contributed by atoms with van der Waals surface area (Å²) >= 11 is 12.2. The third kappa shape index (κ3) is 5.57. The molecule has 40 heavy (non-hydrogen) atoms. The van der Waals surface area contributed by atoms with Crippen molar-refractivity contribution in [2.75, 3.05) is 24.4 Å². The average Bonchev–Trinajstić information content (AvgIpc) is 3.42. The van der Waals surface area contributed by atoms with E-state index in [-0.39, 0.29) is 12.5 Å². The van der Waals surface area contributed by atoms with Crippen molar-refractivity contribution in [3.63, 3.8) is 0 Å². The van der Waals surface area contributed by atoms with Crippen molar-refractivity contribution in [2.45, 2.75) is 26.5 Å². The predicted molar refractivity (Wildman–Crippen MR) is 155 cm³/mol. The van der Waals surface area contributed by atoms with Crippen LogP contribution in [0, 0.1) is 0 Å². The predicted octanol–water partition coefficient (Wildman–Crippen LogP) is 6.50. The fraction of sp³-hybridized carbons (Fsp3) is 0.207. The number of carbonyl (C=O) groups excluding carboxylic acids is 1. The second kappa shape index (κ2) is 11.9. The molecule has 1 atom stereocenters. The Bertz CT molecular complexity index is 1590. The third-order valence-electron chi connectivity index (χ3n) is 6.36. The minimum absolute atomic E-state index is 0.266. The molecule has 0 saturated carbocycles. The number of nitrogens with one attached hydrogen (secondary N) is 2. The normalized spacial score (nSPS) is 14.3. The summed E-state index contributed by atoms with van der Waals surface area (Å²) in [5.41, 5.74) is 3.30. The van der Waals surface area contributed by atoms with E-state index >= 15 is 0 Å². The fourth-order valence-electron chi connectivity index (χ4n) is 4.50. The number of hydrogen-bond acceptors (Lipinski definition) is 7. The van der Waals surface area contributed by atoms with Crippen molar-refractivity contribution >= 4 is 40.7 Å². The number of allylic oxidation sites excluding steroid dienone is 1. The largest absolute Gasteiger partial charge is 0.495 e. The Hall–Kier alpha value is -4.21. The molecule has 11 heteroatoms. The first-order valence-corrected chi connectivity index (χ1v) is 13.3. The number of carbonyl (C=O) groups is 1. The van der Waals surface area contributed by atoms with Gasteiger partial charge in [0, 0.05) is 5.70 Å². The number of benzene rings is 3. The Morgan fingerprint density at radius 2 is 1.85 bits per heavy atom. The molecule has 1 aliphatic rings. The first-order valence-electron chi connectivity index (χ1n) is 12.5. The summed E-state index contributed by atoms with van der Waals surface area (Å²) in [6.45, 7) is 4.41. The number of amides is 1. The number of nitrogens with zero attached hydrogens (tertiary/aromatic N) is 3. The molecule has 2 heterocycles. The van der Waals surface area contributed by atoms with Gasteiger partial charge in [-0.05, 0) is 61.4 Å². The van der Waals surface area contributed by atoms with Crippen LogP contribution >= 0.6 is 23.2 Å². The number of ether oxygens (including phenoxy) is 3. The second-order valence-electron chi connectivity index (χ2n) is 8.93. The lowest BCUT2D eigenvalue weighted by Crippen LogP contribution is -2.31. The van der Waals surface area contributed by atoms with Crippen molar-refractivity contribution < 1.29 is 19.0 Å². The minimum atomic E-state index is -0.586. The standard InChI is InChI=1S/C29H27Cl2N5O4/c1-4-39-25-14-19(10-12-24(25)40-15-18-9-11-20(30)21(31)13-18)27-26(17(2)34-29-32-16-33-36(27)29)28(37)35-22-7-5-6-8-23(22)38-3/h5-14,16,27H,4,15H2,1-3H3,(H,35,37)(H,32,33,34)/t27-/m0/s1. The minimum Gasteiger partial charge on any atom is -0.495 e. The average molecular weight is 580 g/mol. The molecule has 0 aliphatic carbocycles. The molecule has 1 aliphatic heterocycles. The molecular formula is C29H27Cl2N5O4. The van der Waals surface area contributed by atoms with Gasteiger partial charge in [0.1, 0.15) is 24.7 Å². The maximum absolute atomic E-state index is 13.7. The molecule has 0 spiro atoms. The Morgan fingerprint density at radius 1 is 1.02 bits per heavy atom. The van der Waals surface area contributed by atoms with Crippen LogP contribution in [-0.4, -0.2) is 34.4 Å². The molecule has 5 rings (SSSR count). The van der Waals surface area contributed by atoms with Crippen LogP contribution < -0.4 is 24.8 Å². The highest BCUT2D eigenvalue weighted by molar-refractivity contribution is 6.42. The zero-order chi connectivity index (χ0) is 28.2. The molecule has 0 unspecified atom stereocenters. The molecule has 9 nitrogen and oxygen atoms in total. The van der Waals surface area contributed by atoms with E-state index in [2.05, 4.69) is 20.7 Å². The van der Waals surface area contributed by atoms with E-state index in [9.17, 15) is 4.79 Å². The number of methoxy groups -OCH3 is 1. The first-order chi connectivity index (χ1) is 19.4. The van der Waals surface area contributed by atoms with E-state index in [4.69, 9.17) is 37.4 Å². The summed E-state index contributed by atoms with van der Waals surface area (Å²) in [4.78, 5) is 18.1. The number of anilines is 2. The van der Waals surface area contributed by atoms with Gasteiger partial charge in [-0.15, -0.1) is 0 Å². The van der Waals surface area contributed by atoms with Gasteiger partial charge < -0.3 is 24.8 Å². The highest BCUT2D eigenvalue weighted by Crippen LogP contribution is 2.39. The van der Waals surface area contributed by atoms with Crippen LogP contribution in [0.1, 0.15) is 31.0 Å². The summed E-state index contributed by atoms with van der Waals surface area (Å²) in [6, 6.07) is 17.6. The molecule has 0 bridgehead atoms. The monoisotopic (exact) mass is 579 g/mol. The SMILES string of the molecule is CCOc1cc([C@H]2C(C(=O)Nc3ccccc3OC)=C(C)Nc3ncnn32)ccc1OCc1ccc(Cl)c(Cl)c1. The van der Waals surface area contributed by atoms with Crippen LogP contribution in [0.15, 0.2) is 78.3 Å². The van der Waals surface area contributed by atoms with Crippen LogP contribution in [0.5, 0.6) is 17.2 Å². The van der Waals surface area contributed by atoms with Crippen LogP contribution in [0.3, 0.4) is 0 Å². The molecular weight excluding hydrogens is 553 g/mol.